The van der Waals surface area contributed by atoms with Crippen LogP contribution in [-0.2, 0) is 6.42 Å². The molecule has 0 N–H and O–H groups in total. The van der Waals surface area contributed by atoms with Gasteiger partial charge in [-0.05, 0) is 37.3 Å². The van der Waals surface area contributed by atoms with Crippen LogP contribution >= 0.6 is 11.6 Å². The number of carbonyl (C=O) groups excluding carboxylic acids is 1. The minimum absolute atomic E-state index is 0.0505. The molecule has 0 aromatic carbocycles. The fourth-order valence-electron chi connectivity index (χ4n) is 2.92. The molecule has 1 aromatic rings. The molecule has 0 bridgehead atoms. The first kappa shape index (κ1) is 15.3. The maximum absolute atomic E-state index is 12.5. The molecule has 0 atom stereocenters. The first-order valence-corrected chi connectivity index (χ1v) is 7.90. The second-order valence-electron chi connectivity index (χ2n) is 5.71. The Balaban J connectivity index is 2.03. The highest BCUT2D eigenvalue weighted by molar-refractivity contribution is 6.29. The first-order chi connectivity index (χ1) is 9.60. The van der Waals surface area contributed by atoms with Crippen molar-refractivity contribution in [1.29, 1.82) is 0 Å². The van der Waals surface area contributed by atoms with Crippen LogP contribution in [0.3, 0.4) is 0 Å². The fourth-order valence-corrected chi connectivity index (χ4v) is 3.14. The molecule has 1 aromatic heterocycles. The van der Waals surface area contributed by atoms with Gasteiger partial charge in [0.2, 0.25) is 0 Å². The summed E-state index contributed by atoms with van der Waals surface area (Å²) in [6.07, 6.45) is 7.21. The zero-order chi connectivity index (χ0) is 14.5. The summed E-state index contributed by atoms with van der Waals surface area (Å²) in [5.41, 5.74) is 1.52. The third kappa shape index (κ3) is 3.95. The molecule has 0 radical (unpaired) electrons. The fraction of sp³-hybridized carbons (Fsp3) is 0.625. The van der Waals surface area contributed by atoms with Gasteiger partial charge in [-0.3, -0.25) is 4.79 Å². The molecular weight excluding hydrogens is 272 g/mol. The summed E-state index contributed by atoms with van der Waals surface area (Å²) in [4.78, 5) is 18.5. The number of aryl methyl sites for hydroxylation is 1. The van der Waals surface area contributed by atoms with Crippen molar-refractivity contribution < 1.29 is 4.79 Å². The van der Waals surface area contributed by atoms with Gasteiger partial charge >= 0.3 is 0 Å². The van der Waals surface area contributed by atoms with Gasteiger partial charge in [-0.15, -0.1) is 0 Å². The smallest absolute Gasteiger partial charge is 0.253 e. The summed E-state index contributed by atoms with van der Waals surface area (Å²) in [7, 11) is 1.89. The molecular formula is C16H23ClN2O. The van der Waals surface area contributed by atoms with E-state index in [-0.39, 0.29) is 5.91 Å². The number of amides is 1. The zero-order valence-electron chi connectivity index (χ0n) is 12.4. The van der Waals surface area contributed by atoms with Crippen molar-refractivity contribution in [1.82, 2.24) is 9.88 Å². The van der Waals surface area contributed by atoms with E-state index in [1.807, 2.05) is 24.9 Å². The molecule has 0 spiro atoms. The second kappa shape index (κ2) is 7.07. The summed E-state index contributed by atoms with van der Waals surface area (Å²) in [6, 6.07) is 3.52. The van der Waals surface area contributed by atoms with Crippen LogP contribution in [-0.4, -0.2) is 29.4 Å². The quantitative estimate of drug-likeness (QED) is 0.788. The molecule has 1 aliphatic rings. The Bertz CT molecular complexity index is 470. The molecule has 0 aliphatic heterocycles. The maximum atomic E-state index is 12.5. The molecule has 0 unspecified atom stereocenters. The third-order valence-electron chi connectivity index (χ3n) is 4.06. The van der Waals surface area contributed by atoms with E-state index >= 15 is 0 Å². The molecule has 1 amide bonds. The van der Waals surface area contributed by atoms with Crippen molar-refractivity contribution in [2.45, 2.75) is 45.4 Å². The number of hydrogen-bond donors (Lipinski definition) is 0. The lowest BCUT2D eigenvalue weighted by Gasteiger charge is -2.27. The van der Waals surface area contributed by atoms with E-state index in [4.69, 9.17) is 11.6 Å². The Hall–Kier alpha value is -1.09. The molecule has 1 saturated carbocycles. The van der Waals surface area contributed by atoms with Crippen LogP contribution in [0.5, 0.6) is 0 Å². The second-order valence-corrected chi connectivity index (χ2v) is 6.10. The molecule has 3 nitrogen and oxygen atoms in total. The maximum Gasteiger partial charge on any atom is 0.253 e. The van der Waals surface area contributed by atoms with Crippen LogP contribution in [0.25, 0.3) is 0 Å². The summed E-state index contributed by atoms with van der Waals surface area (Å²) in [5, 5.41) is 0.402. The standard InChI is InChI=1S/C16H23ClN2O/c1-3-14-9-13(10-15(17)18-14)16(20)19(2)11-12-7-5-4-6-8-12/h9-10,12H,3-8,11H2,1-2H3. The van der Waals surface area contributed by atoms with Gasteiger partial charge in [0.05, 0.1) is 0 Å². The first-order valence-electron chi connectivity index (χ1n) is 7.52. The molecule has 1 fully saturated rings. The SMILES string of the molecule is CCc1cc(C(=O)N(C)CC2CCCCC2)cc(Cl)n1. The summed E-state index contributed by atoms with van der Waals surface area (Å²) in [6.45, 7) is 2.86. The zero-order valence-corrected chi connectivity index (χ0v) is 13.1. The van der Waals surface area contributed by atoms with Crippen molar-refractivity contribution in [3.63, 3.8) is 0 Å². The average molecular weight is 295 g/mol. The van der Waals surface area contributed by atoms with Gasteiger partial charge in [0.1, 0.15) is 5.15 Å². The molecule has 20 heavy (non-hydrogen) atoms. The number of pyridine rings is 1. The average Bonchev–Trinajstić information content (AvgIpc) is 2.46. The highest BCUT2D eigenvalue weighted by Gasteiger charge is 2.19. The minimum Gasteiger partial charge on any atom is -0.341 e. The normalized spacial score (nSPS) is 16.1. The van der Waals surface area contributed by atoms with Gasteiger partial charge in [0.25, 0.3) is 5.91 Å². The van der Waals surface area contributed by atoms with Crippen LogP contribution < -0.4 is 0 Å². The predicted molar refractivity (Wildman–Crippen MR) is 82.2 cm³/mol. The van der Waals surface area contributed by atoms with Crippen molar-refractivity contribution in [3.8, 4) is 0 Å². The van der Waals surface area contributed by atoms with Crippen LogP contribution in [0.4, 0.5) is 0 Å². The molecule has 4 heteroatoms. The van der Waals surface area contributed by atoms with Crippen molar-refractivity contribution in [2.75, 3.05) is 13.6 Å². The van der Waals surface area contributed by atoms with Gasteiger partial charge < -0.3 is 4.90 Å². The van der Waals surface area contributed by atoms with Gasteiger partial charge in [-0.1, -0.05) is 37.8 Å². The van der Waals surface area contributed by atoms with Crippen molar-refractivity contribution in [3.05, 3.63) is 28.5 Å². The minimum atomic E-state index is 0.0505. The van der Waals surface area contributed by atoms with Crippen LogP contribution in [0, 0.1) is 5.92 Å². The third-order valence-corrected chi connectivity index (χ3v) is 4.25. The van der Waals surface area contributed by atoms with Gasteiger partial charge in [-0.25, -0.2) is 4.98 Å². The Labute approximate surface area is 126 Å². The molecule has 2 rings (SSSR count). The molecule has 1 heterocycles. The number of carbonyl (C=O) groups is 1. The van der Waals surface area contributed by atoms with Gasteiger partial charge in [0.15, 0.2) is 0 Å². The van der Waals surface area contributed by atoms with E-state index in [1.54, 1.807) is 6.07 Å². The summed E-state index contributed by atoms with van der Waals surface area (Å²) in [5.74, 6) is 0.704. The Morgan fingerprint density at radius 1 is 1.35 bits per heavy atom. The number of rotatable bonds is 4. The lowest BCUT2D eigenvalue weighted by atomic mass is 9.89. The van der Waals surface area contributed by atoms with E-state index in [0.717, 1.165) is 18.7 Å². The van der Waals surface area contributed by atoms with Gasteiger partial charge in [0, 0.05) is 24.8 Å². The molecule has 1 aliphatic carbocycles. The Kier molecular flexibility index (Phi) is 5.41. The summed E-state index contributed by atoms with van der Waals surface area (Å²) >= 11 is 5.99. The topological polar surface area (TPSA) is 33.2 Å². The van der Waals surface area contributed by atoms with Crippen LogP contribution in [0.15, 0.2) is 12.1 Å². The van der Waals surface area contributed by atoms with Crippen LogP contribution in [0.2, 0.25) is 5.15 Å². The predicted octanol–water partition coefficient (Wildman–Crippen LogP) is 3.95. The van der Waals surface area contributed by atoms with Crippen molar-refractivity contribution in [2.24, 2.45) is 5.92 Å². The lowest BCUT2D eigenvalue weighted by molar-refractivity contribution is 0.0760. The van der Waals surface area contributed by atoms with E-state index in [1.165, 1.54) is 32.1 Å². The lowest BCUT2D eigenvalue weighted by Crippen LogP contribution is -2.32. The monoisotopic (exact) mass is 294 g/mol. The van der Waals surface area contributed by atoms with Crippen LogP contribution in [0.1, 0.15) is 55.1 Å². The van der Waals surface area contributed by atoms with E-state index in [9.17, 15) is 4.79 Å². The number of nitrogens with zero attached hydrogens (tertiary/aromatic N) is 2. The molecule has 0 saturated heterocycles. The highest BCUT2D eigenvalue weighted by Crippen LogP contribution is 2.24. The van der Waals surface area contributed by atoms with Gasteiger partial charge in [-0.2, -0.15) is 0 Å². The Morgan fingerprint density at radius 2 is 2.05 bits per heavy atom. The highest BCUT2D eigenvalue weighted by atomic mass is 35.5. The number of aromatic nitrogens is 1. The summed E-state index contributed by atoms with van der Waals surface area (Å²) < 4.78 is 0. The van der Waals surface area contributed by atoms with E-state index in [0.29, 0.717) is 16.6 Å². The van der Waals surface area contributed by atoms with E-state index in [2.05, 4.69) is 4.98 Å². The van der Waals surface area contributed by atoms with Crippen molar-refractivity contribution >= 4 is 17.5 Å². The number of halogens is 1. The molecule has 110 valence electrons. The van der Waals surface area contributed by atoms with E-state index < -0.39 is 0 Å². The largest absolute Gasteiger partial charge is 0.341 e. The number of hydrogen-bond acceptors (Lipinski definition) is 2. The Morgan fingerprint density at radius 3 is 2.70 bits per heavy atom.